The Bertz CT molecular complexity index is 1310. The Morgan fingerprint density at radius 2 is 1.85 bits per heavy atom. The van der Waals surface area contributed by atoms with Crippen LogP contribution in [0.25, 0.3) is 11.3 Å². The minimum Gasteiger partial charge on any atom is -0.384 e. The van der Waals surface area contributed by atoms with Gasteiger partial charge < -0.3 is 20.7 Å². The van der Waals surface area contributed by atoms with Crippen LogP contribution in [0.4, 0.5) is 36.4 Å². The summed E-state index contributed by atoms with van der Waals surface area (Å²) >= 11 is 0. The lowest BCUT2D eigenvalue weighted by atomic mass is 10.1. The monoisotopic (exact) mass is 494 g/mol. The van der Waals surface area contributed by atoms with Gasteiger partial charge in [0.2, 0.25) is 5.95 Å². The molecule has 9 nitrogen and oxygen atoms in total. The van der Waals surface area contributed by atoms with Gasteiger partial charge in [-0.3, -0.25) is 0 Å². The van der Waals surface area contributed by atoms with Gasteiger partial charge in [-0.15, -0.1) is 0 Å². The highest BCUT2D eigenvalue weighted by Gasteiger charge is 2.35. The van der Waals surface area contributed by atoms with Crippen molar-refractivity contribution in [1.29, 1.82) is 0 Å². The van der Waals surface area contributed by atoms with Crippen LogP contribution in [-0.2, 0) is 20.8 Å². The second-order valence-electron chi connectivity index (χ2n) is 7.62. The van der Waals surface area contributed by atoms with Crippen LogP contribution in [-0.4, -0.2) is 55.9 Å². The van der Waals surface area contributed by atoms with Gasteiger partial charge in [0.05, 0.1) is 29.4 Å². The van der Waals surface area contributed by atoms with Gasteiger partial charge in [-0.25, -0.2) is 18.4 Å². The molecule has 0 atom stereocenters. The molecule has 0 aliphatic carbocycles. The minimum atomic E-state index is -4.69. The largest absolute Gasteiger partial charge is 0.417 e. The summed E-state index contributed by atoms with van der Waals surface area (Å²) in [5, 5.41) is 2.98. The number of nitrogen functional groups attached to an aromatic ring is 1. The minimum absolute atomic E-state index is 0.0157. The third kappa shape index (κ3) is 5.37. The zero-order chi connectivity index (χ0) is 24.5. The fourth-order valence-corrected chi connectivity index (χ4v) is 4.07. The Labute approximate surface area is 193 Å². The van der Waals surface area contributed by atoms with E-state index in [1.807, 2.05) is 0 Å². The molecule has 2 aromatic heterocycles. The zero-order valence-electron chi connectivity index (χ0n) is 18.0. The van der Waals surface area contributed by atoms with Crippen LogP contribution in [0, 0.1) is 0 Å². The maximum Gasteiger partial charge on any atom is 0.417 e. The number of nitrogens with zero attached hydrogens (tertiary/aromatic N) is 4. The predicted octanol–water partition coefficient (Wildman–Crippen LogP) is 3.12. The normalized spacial score (nSPS) is 14.8. The molecule has 0 radical (unpaired) electrons. The van der Waals surface area contributed by atoms with Crippen LogP contribution < -0.4 is 16.0 Å². The molecule has 3 aromatic rings. The number of aromatic nitrogens is 3. The molecule has 1 aliphatic rings. The van der Waals surface area contributed by atoms with Crippen molar-refractivity contribution in [3.05, 3.63) is 48.2 Å². The smallest absolute Gasteiger partial charge is 0.384 e. The SMILES string of the molecule is CS(=O)(=O)c1cccc(Nc2cc(-c3cnc(N)cc3C(F)(F)F)nc(N3CCOCC3)n2)c1. The first kappa shape index (κ1) is 23.7. The number of benzene rings is 1. The zero-order valence-corrected chi connectivity index (χ0v) is 18.8. The van der Waals surface area contributed by atoms with Gasteiger partial charge in [0.25, 0.3) is 0 Å². The molecule has 3 heterocycles. The third-order valence-corrected chi connectivity index (χ3v) is 6.16. The Balaban J connectivity index is 1.82. The van der Waals surface area contributed by atoms with E-state index in [4.69, 9.17) is 10.5 Å². The Hall–Kier alpha value is -3.45. The van der Waals surface area contributed by atoms with Crippen molar-refractivity contribution in [2.24, 2.45) is 0 Å². The van der Waals surface area contributed by atoms with Crippen LogP contribution >= 0.6 is 0 Å². The number of hydrogen-bond donors (Lipinski definition) is 2. The number of sulfone groups is 1. The average molecular weight is 494 g/mol. The lowest BCUT2D eigenvalue weighted by molar-refractivity contribution is -0.137. The molecule has 0 bridgehead atoms. The first-order valence-electron chi connectivity index (χ1n) is 10.1. The topological polar surface area (TPSA) is 123 Å². The Kier molecular flexibility index (Phi) is 6.32. The van der Waals surface area contributed by atoms with E-state index in [2.05, 4.69) is 20.3 Å². The summed E-state index contributed by atoms with van der Waals surface area (Å²) in [4.78, 5) is 14.5. The highest BCUT2D eigenvalue weighted by Crippen LogP contribution is 2.38. The average Bonchev–Trinajstić information content (AvgIpc) is 2.78. The van der Waals surface area contributed by atoms with Gasteiger partial charge in [-0.05, 0) is 24.3 Å². The van der Waals surface area contributed by atoms with Crippen LogP contribution in [0.3, 0.4) is 0 Å². The molecule has 1 aliphatic heterocycles. The molecule has 1 aromatic carbocycles. The molecular weight excluding hydrogens is 473 g/mol. The van der Waals surface area contributed by atoms with Crippen molar-refractivity contribution in [1.82, 2.24) is 15.0 Å². The van der Waals surface area contributed by atoms with Gasteiger partial charge in [0.1, 0.15) is 11.6 Å². The molecule has 0 saturated carbocycles. The van der Waals surface area contributed by atoms with Crippen LogP contribution in [0.5, 0.6) is 0 Å². The van der Waals surface area contributed by atoms with Crippen molar-refractivity contribution in [3.8, 4) is 11.3 Å². The van der Waals surface area contributed by atoms with Gasteiger partial charge in [-0.2, -0.15) is 18.2 Å². The molecule has 4 rings (SSSR count). The molecule has 0 amide bonds. The fourth-order valence-electron chi connectivity index (χ4n) is 3.40. The second kappa shape index (κ2) is 9.06. The molecule has 1 fully saturated rings. The molecule has 1 saturated heterocycles. The number of nitrogens with two attached hydrogens (primary N) is 1. The number of rotatable bonds is 5. The maximum atomic E-state index is 13.7. The van der Waals surface area contributed by atoms with E-state index in [1.54, 1.807) is 17.0 Å². The Morgan fingerprint density at radius 3 is 2.53 bits per heavy atom. The van der Waals surface area contributed by atoms with E-state index in [0.29, 0.717) is 32.0 Å². The number of pyridine rings is 1. The van der Waals surface area contributed by atoms with E-state index < -0.39 is 21.6 Å². The first-order valence-corrected chi connectivity index (χ1v) is 12.0. The molecule has 180 valence electrons. The number of nitrogens with one attached hydrogen (secondary N) is 1. The van der Waals surface area contributed by atoms with E-state index in [0.717, 1.165) is 18.5 Å². The summed E-state index contributed by atoms with van der Waals surface area (Å²) in [7, 11) is -3.46. The quantitative estimate of drug-likeness (QED) is 0.551. The second-order valence-corrected chi connectivity index (χ2v) is 9.63. The van der Waals surface area contributed by atoms with E-state index >= 15 is 0 Å². The summed E-state index contributed by atoms with van der Waals surface area (Å²) in [5.74, 6) is 0.115. The number of anilines is 4. The van der Waals surface area contributed by atoms with E-state index in [1.165, 1.54) is 18.2 Å². The van der Waals surface area contributed by atoms with Crippen LogP contribution in [0.15, 0.2) is 47.5 Å². The van der Waals surface area contributed by atoms with Crippen LogP contribution in [0.2, 0.25) is 0 Å². The van der Waals surface area contributed by atoms with E-state index in [-0.39, 0.29) is 33.7 Å². The standard InChI is InChI=1S/C21H21F3N6O3S/c1-34(31,32)14-4-2-3-13(9-14)27-19-11-17(28-20(29-19)30-5-7-33-8-6-30)15-12-26-18(25)10-16(15)21(22,23)24/h2-4,9-12H,5-8H2,1H3,(H2,25,26)(H,27,28,29). The lowest BCUT2D eigenvalue weighted by Gasteiger charge is -2.27. The molecule has 0 spiro atoms. The summed E-state index contributed by atoms with van der Waals surface area (Å²) < 4.78 is 70.4. The summed E-state index contributed by atoms with van der Waals surface area (Å²) in [5.41, 5.74) is 4.65. The summed E-state index contributed by atoms with van der Waals surface area (Å²) in [6, 6.07) is 8.14. The van der Waals surface area contributed by atoms with Gasteiger partial charge in [0, 0.05) is 42.9 Å². The number of alkyl halides is 3. The molecule has 3 N–H and O–H groups in total. The van der Waals surface area contributed by atoms with Crippen LogP contribution in [0.1, 0.15) is 5.56 Å². The number of morpholine rings is 1. The fraction of sp³-hybridized carbons (Fsp3) is 0.286. The lowest BCUT2D eigenvalue weighted by Crippen LogP contribution is -2.37. The van der Waals surface area contributed by atoms with Gasteiger partial charge in [-0.1, -0.05) is 6.07 Å². The maximum absolute atomic E-state index is 13.7. The van der Waals surface area contributed by atoms with Gasteiger partial charge >= 0.3 is 6.18 Å². The van der Waals surface area contributed by atoms with Crippen molar-refractivity contribution in [2.75, 3.05) is 48.5 Å². The van der Waals surface area contributed by atoms with Crippen molar-refractivity contribution in [3.63, 3.8) is 0 Å². The third-order valence-electron chi connectivity index (χ3n) is 5.05. The molecular formula is C21H21F3N6O3S. The van der Waals surface area contributed by atoms with E-state index in [9.17, 15) is 21.6 Å². The number of halogens is 3. The summed E-state index contributed by atoms with van der Waals surface area (Å²) in [6.07, 6.45) is -2.58. The number of hydrogen-bond acceptors (Lipinski definition) is 9. The van der Waals surface area contributed by atoms with Crippen molar-refractivity contribution < 1.29 is 26.3 Å². The van der Waals surface area contributed by atoms with Crippen molar-refractivity contribution in [2.45, 2.75) is 11.1 Å². The molecule has 13 heteroatoms. The highest BCUT2D eigenvalue weighted by atomic mass is 32.2. The van der Waals surface area contributed by atoms with Crippen molar-refractivity contribution >= 4 is 33.1 Å². The summed E-state index contributed by atoms with van der Waals surface area (Å²) in [6.45, 7) is 1.76. The predicted molar refractivity (Wildman–Crippen MR) is 121 cm³/mol. The highest BCUT2D eigenvalue weighted by molar-refractivity contribution is 7.90. The first-order chi connectivity index (χ1) is 16.0. The molecule has 0 unspecified atom stereocenters. The van der Waals surface area contributed by atoms with Gasteiger partial charge in [0.15, 0.2) is 9.84 Å². The Morgan fingerprint density at radius 1 is 1.12 bits per heavy atom. The molecule has 34 heavy (non-hydrogen) atoms. The number of ether oxygens (including phenoxy) is 1.